The largest absolute Gasteiger partial charge is 0.372 e. The van der Waals surface area contributed by atoms with Gasteiger partial charge >= 0.3 is 0 Å². The van der Waals surface area contributed by atoms with Crippen molar-refractivity contribution >= 4 is 5.82 Å². The highest BCUT2D eigenvalue weighted by Gasteiger charge is 2.02. The zero-order valence-electron chi connectivity index (χ0n) is 8.73. The molecule has 1 N–H and O–H groups in total. The molecule has 0 aliphatic rings. The molecule has 0 fully saturated rings. The molecule has 2 aromatic rings. The van der Waals surface area contributed by atoms with Gasteiger partial charge in [0.25, 0.3) is 0 Å². The zero-order valence-corrected chi connectivity index (χ0v) is 8.73. The van der Waals surface area contributed by atoms with Crippen LogP contribution in [0.3, 0.4) is 0 Å². The van der Waals surface area contributed by atoms with Crippen LogP contribution in [0, 0.1) is 6.92 Å². The van der Waals surface area contributed by atoms with E-state index in [0.717, 1.165) is 11.4 Å². The van der Waals surface area contributed by atoms with Crippen LogP contribution in [0.5, 0.6) is 0 Å². The summed E-state index contributed by atoms with van der Waals surface area (Å²) < 4.78 is 0. The highest BCUT2D eigenvalue weighted by molar-refractivity contribution is 5.56. The number of nitrogens with one attached hydrogen (secondary N) is 1. The lowest BCUT2D eigenvalue weighted by molar-refractivity contribution is 0.981. The van der Waals surface area contributed by atoms with Crippen LogP contribution in [0.2, 0.25) is 0 Å². The van der Waals surface area contributed by atoms with Gasteiger partial charge in [-0.15, -0.1) is 5.10 Å². The van der Waals surface area contributed by atoms with E-state index < -0.39 is 0 Å². The number of hydrogen-bond donors (Lipinski definition) is 1. The fourth-order valence-corrected chi connectivity index (χ4v) is 1.33. The Bertz CT molecular complexity index is 468. The van der Waals surface area contributed by atoms with Crippen molar-refractivity contribution in [2.24, 2.45) is 0 Å². The van der Waals surface area contributed by atoms with Crippen molar-refractivity contribution in [3.63, 3.8) is 0 Å². The monoisotopic (exact) mass is 200 g/mol. The molecule has 0 aliphatic carbocycles. The predicted octanol–water partition coefficient (Wildman–Crippen LogP) is 1.89. The second-order valence-electron chi connectivity index (χ2n) is 3.28. The summed E-state index contributed by atoms with van der Waals surface area (Å²) in [5.74, 6) is 1.37. The standard InChI is InChI=1S/C11H12N4/c1-8-4-3-5-9(6-8)11-14-10(12-2)7-13-15-11/h3-7H,1-2H3,(H,12,14,15). The first-order valence-electron chi connectivity index (χ1n) is 4.74. The highest BCUT2D eigenvalue weighted by atomic mass is 15.2. The van der Waals surface area contributed by atoms with E-state index in [1.807, 2.05) is 38.2 Å². The first-order chi connectivity index (χ1) is 7.29. The summed E-state index contributed by atoms with van der Waals surface area (Å²) in [6, 6.07) is 8.04. The summed E-state index contributed by atoms with van der Waals surface area (Å²) in [5.41, 5.74) is 2.17. The zero-order chi connectivity index (χ0) is 10.7. The van der Waals surface area contributed by atoms with Gasteiger partial charge in [-0.1, -0.05) is 23.8 Å². The number of aromatic nitrogens is 3. The second kappa shape index (κ2) is 4.04. The van der Waals surface area contributed by atoms with E-state index in [2.05, 4.69) is 20.5 Å². The third kappa shape index (κ3) is 2.10. The van der Waals surface area contributed by atoms with Crippen LogP contribution >= 0.6 is 0 Å². The molecule has 0 unspecified atom stereocenters. The normalized spacial score (nSPS) is 10.0. The Morgan fingerprint density at radius 1 is 1.27 bits per heavy atom. The Labute approximate surface area is 88.4 Å². The molecule has 76 valence electrons. The highest BCUT2D eigenvalue weighted by Crippen LogP contribution is 2.16. The summed E-state index contributed by atoms with van der Waals surface area (Å²) in [6.45, 7) is 2.04. The van der Waals surface area contributed by atoms with E-state index in [-0.39, 0.29) is 0 Å². The molecule has 4 nitrogen and oxygen atoms in total. The fraction of sp³-hybridized carbons (Fsp3) is 0.182. The Hall–Kier alpha value is -1.97. The lowest BCUT2D eigenvalue weighted by Crippen LogP contribution is -1.98. The third-order valence-electron chi connectivity index (χ3n) is 2.09. The van der Waals surface area contributed by atoms with Crippen molar-refractivity contribution in [3.8, 4) is 11.4 Å². The predicted molar refractivity (Wildman–Crippen MR) is 59.5 cm³/mol. The van der Waals surface area contributed by atoms with Crippen LogP contribution < -0.4 is 5.32 Å². The lowest BCUT2D eigenvalue weighted by atomic mass is 10.1. The van der Waals surface area contributed by atoms with Crippen molar-refractivity contribution in [2.45, 2.75) is 6.92 Å². The Morgan fingerprint density at radius 3 is 2.87 bits per heavy atom. The van der Waals surface area contributed by atoms with E-state index in [1.54, 1.807) is 6.20 Å². The molecule has 0 spiro atoms. The molecule has 0 saturated heterocycles. The maximum Gasteiger partial charge on any atom is 0.183 e. The van der Waals surface area contributed by atoms with Crippen LogP contribution in [0.25, 0.3) is 11.4 Å². The Morgan fingerprint density at radius 2 is 2.13 bits per heavy atom. The SMILES string of the molecule is CNc1cnnc(-c2cccc(C)c2)n1. The Kier molecular flexibility index (Phi) is 2.58. The molecule has 4 heteroatoms. The van der Waals surface area contributed by atoms with Crippen molar-refractivity contribution in [1.29, 1.82) is 0 Å². The average molecular weight is 200 g/mol. The van der Waals surface area contributed by atoms with Crippen LogP contribution in [0.1, 0.15) is 5.56 Å². The molecule has 0 atom stereocenters. The fourth-order valence-electron chi connectivity index (χ4n) is 1.33. The molecule has 1 aromatic heterocycles. The summed E-state index contributed by atoms with van der Waals surface area (Å²) >= 11 is 0. The minimum Gasteiger partial charge on any atom is -0.372 e. The van der Waals surface area contributed by atoms with Gasteiger partial charge in [-0.2, -0.15) is 5.10 Å². The maximum absolute atomic E-state index is 4.32. The van der Waals surface area contributed by atoms with E-state index >= 15 is 0 Å². The number of anilines is 1. The van der Waals surface area contributed by atoms with E-state index in [0.29, 0.717) is 5.82 Å². The van der Waals surface area contributed by atoms with Crippen molar-refractivity contribution < 1.29 is 0 Å². The molecule has 15 heavy (non-hydrogen) atoms. The van der Waals surface area contributed by atoms with Gasteiger partial charge in [-0.25, -0.2) is 4.98 Å². The number of rotatable bonds is 2. The van der Waals surface area contributed by atoms with Gasteiger partial charge in [0.15, 0.2) is 5.82 Å². The quantitative estimate of drug-likeness (QED) is 0.804. The molecular weight excluding hydrogens is 188 g/mol. The van der Waals surface area contributed by atoms with E-state index in [9.17, 15) is 0 Å². The minimum atomic E-state index is 0.644. The molecule has 1 aromatic carbocycles. The average Bonchev–Trinajstić information content (AvgIpc) is 2.29. The molecule has 0 aliphatic heterocycles. The number of aryl methyl sites for hydroxylation is 1. The maximum atomic E-state index is 4.32. The van der Waals surface area contributed by atoms with Crippen LogP contribution in [0.4, 0.5) is 5.82 Å². The molecule has 0 radical (unpaired) electrons. The van der Waals surface area contributed by atoms with Gasteiger partial charge in [-0.05, 0) is 13.0 Å². The van der Waals surface area contributed by atoms with Gasteiger partial charge < -0.3 is 5.32 Å². The number of nitrogens with zero attached hydrogens (tertiary/aromatic N) is 3. The van der Waals surface area contributed by atoms with E-state index in [1.165, 1.54) is 5.56 Å². The van der Waals surface area contributed by atoms with Crippen molar-refractivity contribution in [3.05, 3.63) is 36.0 Å². The first-order valence-corrected chi connectivity index (χ1v) is 4.74. The molecular formula is C11H12N4. The summed E-state index contributed by atoms with van der Waals surface area (Å²) in [5, 5.41) is 10.8. The lowest BCUT2D eigenvalue weighted by Gasteiger charge is -2.02. The van der Waals surface area contributed by atoms with Crippen LogP contribution in [-0.2, 0) is 0 Å². The smallest absolute Gasteiger partial charge is 0.183 e. The van der Waals surface area contributed by atoms with E-state index in [4.69, 9.17) is 0 Å². The molecule has 2 rings (SSSR count). The first kappa shape index (κ1) is 9.58. The molecule has 0 amide bonds. The summed E-state index contributed by atoms with van der Waals surface area (Å²) in [6.07, 6.45) is 1.60. The van der Waals surface area contributed by atoms with Gasteiger partial charge in [0, 0.05) is 12.6 Å². The third-order valence-corrected chi connectivity index (χ3v) is 2.09. The number of hydrogen-bond acceptors (Lipinski definition) is 4. The molecule has 1 heterocycles. The van der Waals surface area contributed by atoms with Gasteiger partial charge in [0.05, 0.1) is 6.20 Å². The van der Waals surface area contributed by atoms with Gasteiger partial charge in [-0.3, -0.25) is 0 Å². The Balaban J connectivity index is 2.44. The molecule has 0 saturated carbocycles. The number of benzene rings is 1. The van der Waals surface area contributed by atoms with Gasteiger partial charge in [0.1, 0.15) is 5.82 Å². The van der Waals surface area contributed by atoms with Crippen LogP contribution in [-0.4, -0.2) is 22.2 Å². The van der Waals surface area contributed by atoms with Crippen molar-refractivity contribution in [1.82, 2.24) is 15.2 Å². The summed E-state index contributed by atoms with van der Waals surface area (Å²) in [4.78, 5) is 4.32. The van der Waals surface area contributed by atoms with Gasteiger partial charge in [0.2, 0.25) is 0 Å². The van der Waals surface area contributed by atoms with Crippen LogP contribution in [0.15, 0.2) is 30.5 Å². The molecule has 0 bridgehead atoms. The summed E-state index contributed by atoms with van der Waals surface area (Å²) in [7, 11) is 1.81. The minimum absolute atomic E-state index is 0.644. The second-order valence-corrected chi connectivity index (χ2v) is 3.28. The topological polar surface area (TPSA) is 50.7 Å². The van der Waals surface area contributed by atoms with Crippen molar-refractivity contribution in [2.75, 3.05) is 12.4 Å².